The molecule has 1 nitrogen and oxygen atoms in total. The zero-order chi connectivity index (χ0) is 12.4. The molecule has 0 bridgehead atoms. The molecular formula is C15H19NS. The molecule has 90 valence electrons. The van der Waals surface area contributed by atoms with Crippen LogP contribution in [0.25, 0.3) is 17.8 Å². The molecule has 0 spiro atoms. The van der Waals surface area contributed by atoms with Crippen LogP contribution >= 0.6 is 11.3 Å². The van der Waals surface area contributed by atoms with Gasteiger partial charge in [-0.3, -0.25) is 4.99 Å². The van der Waals surface area contributed by atoms with Gasteiger partial charge in [-0.1, -0.05) is 25.2 Å². The first-order valence-corrected chi connectivity index (χ1v) is 6.95. The van der Waals surface area contributed by atoms with E-state index in [9.17, 15) is 0 Å². The molecule has 2 heteroatoms. The molecule has 1 aromatic heterocycles. The van der Waals surface area contributed by atoms with Gasteiger partial charge in [0.2, 0.25) is 0 Å². The highest BCUT2D eigenvalue weighted by molar-refractivity contribution is 7.11. The van der Waals surface area contributed by atoms with Crippen LogP contribution in [0.1, 0.15) is 37.6 Å². The zero-order valence-corrected chi connectivity index (χ0v) is 11.8. The molecule has 0 fully saturated rings. The lowest BCUT2D eigenvalue weighted by Crippen LogP contribution is -2.25. The maximum atomic E-state index is 4.45. The van der Waals surface area contributed by atoms with Gasteiger partial charge in [-0.05, 0) is 43.9 Å². The Hall–Kier alpha value is -1.15. The molecule has 1 aromatic rings. The summed E-state index contributed by atoms with van der Waals surface area (Å²) in [6.45, 7) is 8.50. The van der Waals surface area contributed by atoms with Crippen molar-refractivity contribution in [3.8, 4) is 0 Å². The van der Waals surface area contributed by atoms with E-state index in [1.54, 1.807) is 0 Å². The van der Waals surface area contributed by atoms with Crippen LogP contribution in [0.15, 0.2) is 11.1 Å². The molecule has 0 amide bonds. The molecule has 1 atom stereocenters. The number of fused-ring (bicyclic) bond motifs is 1. The van der Waals surface area contributed by atoms with Crippen LogP contribution in [0.3, 0.4) is 0 Å². The van der Waals surface area contributed by atoms with E-state index >= 15 is 0 Å². The van der Waals surface area contributed by atoms with Gasteiger partial charge in [0.25, 0.3) is 0 Å². The van der Waals surface area contributed by atoms with Crippen molar-refractivity contribution in [2.45, 2.75) is 34.1 Å². The highest BCUT2D eigenvalue weighted by Gasteiger charge is 2.12. The largest absolute Gasteiger partial charge is 0.260 e. The molecule has 0 saturated heterocycles. The fourth-order valence-electron chi connectivity index (χ4n) is 2.20. The third-order valence-electron chi connectivity index (χ3n) is 3.12. The molecule has 2 rings (SSSR count). The van der Waals surface area contributed by atoms with Crippen molar-refractivity contribution >= 4 is 35.4 Å². The van der Waals surface area contributed by atoms with E-state index in [4.69, 9.17) is 0 Å². The Morgan fingerprint density at radius 3 is 2.88 bits per heavy atom. The van der Waals surface area contributed by atoms with Crippen molar-refractivity contribution < 1.29 is 0 Å². The first-order chi connectivity index (χ1) is 8.17. The third-order valence-corrected chi connectivity index (χ3v) is 4.45. The Kier molecular flexibility index (Phi) is 3.63. The van der Waals surface area contributed by atoms with Gasteiger partial charge in [0.15, 0.2) is 0 Å². The van der Waals surface area contributed by atoms with Crippen LogP contribution in [-0.2, 0) is 0 Å². The van der Waals surface area contributed by atoms with E-state index in [-0.39, 0.29) is 0 Å². The molecule has 0 aliphatic heterocycles. The predicted octanol–water partition coefficient (Wildman–Crippen LogP) is 3.11. The monoisotopic (exact) mass is 245 g/mol. The quantitative estimate of drug-likeness (QED) is 0.710. The summed E-state index contributed by atoms with van der Waals surface area (Å²) >= 11 is 1.87. The first kappa shape index (κ1) is 12.3. The summed E-state index contributed by atoms with van der Waals surface area (Å²) in [6.07, 6.45) is 9.88. The van der Waals surface area contributed by atoms with Gasteiger partial charge in [-0.2, -0.15) is 0 Å². The molecule has 17 heavy (non-hydrogen) atoms. The van der Waals surface area contributed by atoms with Crippen LogP contribution in [0.5, 0.6) is 0 Å². The number of nitrogens with zero attached hydrogens (tertiary/aromatic N) is 1. The van der Waals surface area contributed by atoms with Crippen molar-refractivity contribution in [3.05, 3.63) is 26.3 Å². The summed E-state index contributed by atoms with van der Waals surface area (Å²) in [4.78, 5) is 5.77. The van der Waals surface area contributed by atoms with E-state index in [0.29, 0.717) is 5.92 Å². The molecule has 0 N–H and O–H groups in total. The second kappa shape index (κ2) is 5.01. The Bertz CT molecular complexity index is 587. The van der Waals surface area contributed by atoms with Crippen LogP contribution in [0.4, 0.5) is 0 Å². The second-order valence-electron chi connectivity index (χ2n) is 4.48. The molecule has 0 aromatic carbocycles. The summed E-state index contributed by atoms with van der Waals surface area (Å²) in [5, 5.41) is 1.43. The summed E-state index contributed by atoms with van der Waals surface area (Å²) in [5.41, 5.74) is 2.48. The minimum absolute atomic E-state index is 0.660. The van der Waals surface area contributed by atoms with Crippen LogP contribution < -0.4 is 9.75 Å². The smallest absolute Gasteiger partial charge is 0.0758 e. The van der Waals surface area contributed by atoms with Crippen LogP contribution in [-0.4, -0.2) is 6.21 Å². The average molecular weight is 245 g/mol. The van der Waals surface area contributed by atoms with E-state index in [1.807, 2.05) is 24.5 Å². The molecular weight excluding hydrogens is 226 g/mol. The Labute approximate surface area is 107 Å². The highest BCUT2D eigenvalue weighted by atomic mass is 32.1. The molecule has 1 aliphatic carbocycles. The van der Waals surface area contributed by atoms with Gasteiger partial charge in [-0.25, -0.2) is 0 Å². The Morgan fingerprint density at radius 1 is 1.47 bits per heavy atom. The molecule has 1 heterocycles. The zero-order valence-electron chi connectivity index (χ0n) is 10.9. The third kappa shape index (κ3) is 2.27. The van der Waals surface area contributed by atoms with Crippen LogP contribution in [0.2, 0.25) is 0 Å². The lowest BCUT2D eigenvalue weighted by molar-refractivity contribution is 0.802. The molecule has 1 unspecified atom stereocenters. The van der Waals surface area contributed by atoms with E-state index in [2.05, 4.69) is 44.0 Å². The number of hydrogen-bond acceptors (Lipinski definition) is 2. The lowest BCUT2D eigenvalue weighted by Gasteiger charge is -2.04. The van der Waals surface area contributed by atoms with Gasteiger partial charge in [0.05, 0.1) is 10.6 Å². The van der Waals surface area contributed by atoms with Crippen molar-refractivity contribution in [3.63, 3.8) is 0 Å². The van der Waals surface area contributed by atoms with E-state index in [1.165, 1.54) is 20.2 Å². The minimum atomic E-state index is 0.660. The van der Waals surface area contributed by atoms with Gasteiger partial charge in [-0.15, -0.1) is 11.3 Å². The van der Waals surface area contributed by atoms with E-state index in [0.717, 1.165) is 12.1 Å². The molecule has 0 saturated carbocycles. The fourth-order valence-corrected chi connectivity index (χ4v) is 3.47. The highest BCUT2D eigenvalue weighted by Crippen LogP contribution is 2.22. The first-order valence-electron chi connectivity index (χ1n) is 6.14. The Balaban J connectivity index is 2.64. The number of allylic oxidation sites excluding steroid dienone is 1. The Morgan fingerprint density at radius 2 is 2.24 bits per heavy atom. The lowest BCUT2D eigenvalue weighted by atomic mass is 10.0. The SMILES string of the molecule is CC=N/C(=C\C)c1sc2c(c1C)=CC(C)CC=2. The number of thiophene rings is 1. The summed E-state index contributed by atoms with van der Waals surface area (Å²) in [7, 11) is 0. The van der Waals surface area contributed by atoms with Crippen molar-refractivity contribution in [1.29, 1.82) is 0 Å². The maximum Gasteiger partial charge on any atom is 0.0758 e. The standard InChI is InChI=1S/C15H19NS/c1-5-13(16-6-2)15-11(4)12-9-10(3)7-8-14(12)17-15/h5-6,8-10H,7H2,1-4H3/b13-5-,16-6?. The summed E-state index contributed by atoms with van der Waals surface area (Å²) in [6, 6.07) is 0. The van der Waals surface area contributed by atoms with E-state index < -0.39 is 0 Å². The van der Waals surface area contributed by atoms with Crippen molar-refractivity contribution in [2.75, 3.05) is 0 Å². The fraction of sp³-hybridized carbons (Fsp3) is 0.400. The van der Waals surface area contributed by atoms with Crippen molar-refractivity contribution in [1.82, 2.24) is 0 Å². The van der Waals surface area contributed by atoms with Gasteiger partial charge >= 0.3 is 0 Å². The predicted molar refractivity (Wildman–Crippen MR) is 78.8 cm³/mol. The summed E-state index contributed by atoms with van der Waals surface area (Å²) in [5.74, 6) is 0.660. The average Bonchev–Trinajstić information content (AvgIpc) is 2.64. The summed E-state index contributed by atoms with van der Waals surface area (Å²) < 4.78 is 1.42. The normalized spacial score (nSPS) is 20.0. The van der Waals surface area contributed by atoms with Gasteiger partial charge in [0, 0.05) is 10.7 Å². The van der Waals surface area contributed by atoms with Crippen molar-refractivity contribution in [2.24, 2.45) is 10.9 Å². The molecule has 0 radical (unpaired) electrons. The van der Waals surface area contributed by atoms with Crippen LogP contribution in [0, 0.1) is 12.8 Å². The number of aliphatic imine (C=N–C) groups is 1. The topological polar surface area (TPSA) is 12.4 Å². The maximum absolute atomic E-state index is 4.45. The van der Waals surface area contributed by atoms with Gasteiger partial charge < -0.3 is 0 Å². The number of rotatable bonds is 2. The minimum Gasteiger partial charge on any atom is -0.260 e. The number of hydrogen-bond donors (Lipinski definition) is 0. The second-order valence-corrected chi connectivity index (χ2v) is 5.53. The molecule has 1 aliphatic rings. The van der Waals surface area contributed by atoms with Gasteiger partial charge in [0.1, 0.15) is 0 Å².